The van der Waals surface area contributed by atoms with E-state index in [-0.39, 0.29) is 0 Å². The van der Waals surface area contributed by atoms with Crippen LogP contribution in [0.5, 0.6) is 0 Å². The molecule has 0 unspecified atom stereocenters. The predicted octanol–water partition coefficient (Wildman–Crippen LogP) is 3.44. The van der Waals surface area contributed by atoms with Crippen LogP contribution in [0.2, 0.25) is 0 Å². The van der Waals surface area contributed by atoms with Gasteiger partial charge in [0.2, 0.25) is 0 Å². The zero-order valence-electron chi connectivity index (χ0n) is 12.5. The molecular formula is C15H27N3S. The number of aryl methyl sites for hydroxylation is 1. The number of hydrogen-bond acceptors (Lipinski definition) is 4. The highest BCUT2D eigenvalue weighted by atomic mass is 32.1. The summed E-state index contributed by atoms with van der Waals surface area (Å²) >= 11 is 1.88. The minimum atomic E-state index is 0.921. The van der Waals surface area contributed by atoms with Crippen LogP contribution in [0, 0.1) is 5.92 Å². The van der Waals surface area contributed by atoms with Gasteiger partial charge in [0.25, 0.3) is 0 Å². The van der Waals surface area contributed by atoms with Crippen molar-refractivity contribution >= 4 is 16.5 Å². The molecule has 0 aliphatic heterocycles. The number of thiazole rings is 1. The Hall–Kier alpha value is -0.610. The monoisotopic (exact) mass is 281 g/mol. The molecule has 19 heavy (non-hydrogen) atoms. The van der Waals surface area contributed by atoms with Gasteiger partial charge in [-0.1, -0.05) is 20.3 Å². The van der Waals surface area contributed by atoms with Crippen molar-refractivity contribution in [1.82, 2.24) is 10.3 Å². The van der Waals surface area contributed by atoms with E-state index in [9.17, 15) is 0 Å². The lowest BCUT2D eigenvalue weighted by Gasteiger charge is -2.14. The third-order valence-corrected chi connectivity index (χ3v) is 4.73. The van der Waals surface area contributed by atoms with Crippen LogP contribution in [0.15, 0.2) is 0 Å². The number of anilines is 1. The van der Waals surface area contributed by atoms with Crippen LogP contribution < -0.4 is 10.2 Å². The highest BCUT2D eigenvalue weighted by Crippen LogP contribution is 2.33. The molecule has 1 aromatic heterocycles. The molecule has 1 aliphatic rings. The van der Waals surface area contributed by atoms with Crippen molar-refractivity contribution < 1.29 is 0 Å². The Labute approximate surface area is 121 Å². The summed E-state index contributed by atoms with van der Waals surface area (Å²) in [5.41, 5.74) is 1.31. The SMILES string of the molecule is CCCNCc1sc(N(C)CC2CC2)nc1CCC. The van der Waals surface area contributed by atoms with Crippen molar-refractivity contribution in [1.29, 1.82) is 0 Å². The van der Waals surface area contributed by atoms with E-state index < -0.39 is 0 Å². The molecular weight excluding hydrogens is 254 g/mol. The third kappa shape index (κ3) is 4.46. The van der Waals surface area contributed by atoms with Gasteiger partial charge in [0.1, 0.15) is 0 Å². The van der Waals surface area contributed by atoms with Gasteiger partial charge >= 0.3 is 0 Å². The van der Waals surface area contributed by atoms with Gasteiger partial charge in [0.05, 0.1) is 5.69 Å². The van der Waals surface area contributed by atoms with Crippen LogP contribution in [-0.2, 0) is 13.0 Å². The van der Waals surface area contributed by atoms with Gasteiger partial charge in [0.15, 0.2) is 5.13 Å². The molecule has 1 aliphatic carbocycles. The molecule has 1 fully saturated rings. The number of aromatic nitrogens is 1. The quantitative estimate of drug-likeness (QED) is 0.703. The van der Waals surface area contributed by atoms with Gasteiger partial charge in [0, 0.05) is 25.0 Å². The second-order valence-corrected chi connectivity index (χ2v) is 6.68. The van der Waals surface area contributed by atoms with E-state index in [0.717, 1.165) is 25.4 Å². The van der Waals surface area contributed by atoms with Crippen LogP contribution >= 0.6 is 11.3 Å². The van der Waals surface area contributed by atoms with Gasteiger partial charge in [-0.05, 0) is 38.1 Å². The van der Waals surface area contributed by atoms with Gasteiger partial charge in [-0.2, -0.15) is 0 Å². The summed E-state index contributed by atoms with van der Waals surface area (Å²) in [5.74, 6) is 0.921. The molecule has 4 heteroatoms. The Morgan fingerprint density at radius 2 is 2.11 bits per heavy atom. The highest BCUT2D eigenvalue weighted by Gasteiger charge is 2.24. The second-order valence-electron chi connectivity index (χ2n) is 5.62. The third-order valence-electron chi connectivity index (χ3n) is 3.52. The van der Waals surface area contributed by atoms with E-state index in [1.165, 1.54) is 47.9 Å². The molecule has 0 radical (unpaired) electrons. The fraction of sp³-hybridized carbons (Fsp3) is 0.800. The van der Waals surface area contributed by atoms with Crippen molar-refractivity contribution in [3.8, 4) is 0 Å². The first kappa shape index (κ1) is 14.8. The molecule has 0 amide bonds. The summed E-state index contributed by atoms with van der Waals surface area (Å²) in [6, 6.07) is 0. The van der Waals surface area contributed by atoms with E-state index in [0.29, 0.717) is 0 Å². The van der Waals surface area contributed by atoms with E-state index in [2.05, 4.69) is 31.1 Å². The highest BCUT2D eigenvalue weighted by molar-refractivity contribution is 7.15. The average Bonchev–Trinajstić information content (AvgIpc) is 3.11. The van der Waals surface area contributed by atoms with Crippen molar-refractivity contribution in [3.05, 3.63) is 10.6 Å². The Bertz CT molecular complexity index is 385. The van der Waals surface area contributed by atoms with Crippen molar-refractivity contribution in [3.63, 3.8) is 0 Å². The maximum absolute atomic E-state index is 4.86. The molecule has 0 bridgehead atoms. The molecule has 108 valence electrons. The Balaban J connectivity index is 1.99. The Kier molecular flexibility index (Phi) is 5.64. The molecule has 0 atom stereocenters. The summed E-state index contributed by atoms with van der Waals surface area (Å²) in [7, 11) is 2.19. The van der Waals surface area contributed by atoms with Crippen molar-refractivity contribution in [2.45, 2.75) is 52.5 Å². The van der Waals surface area contributed by atoms with E-state index >= 15 is 0 Å². The predicted molar refractivity (Wildman–Crippen MR) is 84.1 cm³/mol. The number of rotatable bonds is 9. The Morgan fingerprint density at radius 3 is 2.74 bits per heavy atom. The Morgan fingerprint density at radius 1 is 1.32 bits per heavy atom. The first-order chi connectivity index (χ1) is 9.24. The lowest BCUT2D eigenvalue weighted by atomic mass is 10.2. The van der Waals surface area contributed by atoms with Gasteiger partial charge in [-0.15, -0.1) is 11.3 Å². The van der Waals surface area contributed by atoms with Crippen LogP contribution in [0.3, 0.4) is 0 Å². The summed E-state index contributed by atoms with van der Waals surface area (Å²) in [5, 5.41) is 4.72. The summed E-state index contributed by atoms with van der Waals surface area (Å²) in [4.78, 5) is 8.65. The molecule has 0 spiro atoms. The lowest BCUT2D eigenvalue weighted by Crippen LogP contribution is -2.19. The normalized spacial score (nSPS) is 14.9. The molecule has 0 aromatic carbocycles. The maximum Gasteiger partial charge on any atom is 0.185 e. The fourth-order valence-corrected chi connectivity index (χ4v) is 3.29. The first-order valence-corrected chi connectivity index (χ1v) is 8.46. The lowest BCUT2D eigenvalue weighted by molar-refractivity contribution is 0.674. The van der Waals surface area contributed by atoms with Crippen LogP contribution in [-0.4, -0.2) is 25.1 Å². The molecule has 1 saturated carbocycles. The topological polar surface area (TPSA) is 28.2 Å². The zero-order chi connectivity index (χ0) is 13.7. The van der Waals surface area contributed by atoms with Crippen molar-refractivity contribution in [2.75, 3.05) is 25.0 Å². The first-order valence-electron chi connectivity index (χ1n) is 7.65. The van der Waals surface area contributed by atoms with Gasteiger partial charge in [-0.3, -0.25) is 0 Å². The van der Waals surface area contributed by atoms with E-state index in [1.54, 1.807) is 0 Å². The number of nitrogens with one attached hydrogen (secondary N) is 1. The smallest absolute Gasteiger partial charge is 0.185 e. The van der Waals surface area contributed by atoms with Gasteiger partial charge < -0.3 is 10.2 Å². The van der Waals surface area contributed by atoms with E-state index in [4.69, 9.17) is 4.98 Å². The second kappa shape index (κ2) is 7.25. The minimum absolute atomic E-state index is 0.921. The molecule has 3 nitrogen and oxygen atoms in total. The molecule has 1 N–H and O–H groups in total. The van der Waals surface area contributed by atoms with Crippen LogP contribution in [0.25, 0.3) is 0 Å². The molecule has 2 rings (SSSR count). The average molecular weight is 281 g/mol. The molecule has 1 aromatic rings. The molecule has 0 saturated heterocycles. The standard InChI is InChI=1S/C15H27N3S/c1-4-6-13-14(10-16-9-5-2)19-15(17-13)18(3)11-12-7-8-12/h12,16H,4-11H2,1-3H3. The summed E-state index contributed by atoms with van der Waals surface area (Å²) in [6.07, 6.45) is 6.29. The van der Waals surface area contributed by atoms with Crippen LogP contribution in [0.4, 0.5) is 5.13 Å². The number of hydrogen-bond donors (Lipinski definition) is 1. The van der Waals surface area contributed by atoms with Gasteiger partial charge in [-0.25, -0.2) is 4.98 Å². The summed E-state index contributed by atoms with van der Waals surface area (Å²) in [6.45, 7) is 7.70. The van der Waals surface area contributed by atoms with E-state index in [1.807, 2.05) is 11.3 Å². The van der Waals surface area contributed by atoms with Crippen molar-refractivity contribution in [2.24, 2.45) is 5.92 Å². The largest absolute Gasteiger partial charge is 0.351 e. The van der Waals surface area contributed by atoms with Crippen LogP contribution in [0.1, 0.15) is 50.1 Å². The fourth-order valence-electron chi connectivity index (χ4n) is 2.25. The number of nitrogens with zero attached hydrogens (tertiary/aromatic N) is 2. The zero-order valence-corrected chi connectivity index (χ0v) is 13.4. The minimum Gasteiger partial charge on any atom is -0.351 e. The summed E-state index contributed by atoms with van der Waals surface area (Å²) < 4.78 is 0. The molecule has 1 heterocycles. The maximum atomic E-state index is 4.86.